The van der Waals surface area contributed by atoms with Crippen LogP contribution in [0.1, 0.15) is 36.9 Å². The van der Waals surface area contributed by atoms with E-state index < -0.39 is 0 Å². The van der Waals surface area contributed by atoms with E-state index in [1.165, 1.54) is 5.56 Å². The van der Waals surface area contributed by atoms with Gasteiger partial charge in [-0.3, -0.25) is 0 Å². The van der Waals surface area contributed by atoms with Gasteiger partial charge < -0.3 is 24.5 Å². The van der Waals surface area contributed by atoms with Crippen molar-refractivity contribution in [3.63, 3.8) is 0 Å². The SMILES string of the molecule is CCN1CCC2(CC1)Oc1ccccc1[C@@H]1C=C(c3ccc4c(c3)OCO4)NN12. The van der Waals surface area contributed by atoms with Gasteiger partial charge in [-0.15, -0.1) is 0 Å². The lowest BCUT2D eigenvalue weighted by atomic mass is 9.93. The standard InChI is InChI=1S/C23H25N3O3/c1-2-25-11-9-23(10-12-25)26-19(17-5-3-4-6-20(17)29-23)14-18(24-26)16-7-8-21-22(13-16)28-15-27-21/h3-8,13-14,19,24H,2,9-12,15H2,1H3/t19-/m0/s1. The van der Waals surface area contributed by atoms with Crippen molar-refractivity contribution in [2.75, 3.05) is 26.4 Å². The van der Waals surface area contributed by atoms with E-state index >= 15 is 0 Å². The molecule has 6 rings (SSSR count). The maximum absolute atomic E-state index is 6.68. The molecule has 0 aromatic heterocycles. The molecule has 0 aliphatic carbocycles. The van der Waals surface area contributed by atoms with Gasteiger partial charge in [-0.25, -0.2) is 0 Å². The fourth-order valence-corrected chi connectivity index (χ4v) is 4.91. The number of para-hydroxylation sites is 1. The number of rotatable bonds is 2. The first kappa shape index (κ1) is 17.2. The Bertz CT molecular complexity index is 981. The molecule has 4 heterocycles. The Morgan fingerprint density at radius 1 is 1.03 bits per heavy atom. The van der Waals surface area contributed by atoms with Crippen molar-refractivity contribution in [2.24, 2.45) is 0 Å². The quantitative estimate of drug-likeness (QED) is 0.845. The molecule has 1 atom stereocenters. The van der Waals surface area contributed by atoms with Crippen LogP contribution in [0, 0.1) is 0 Å². The minimum Gasteiger partial charge on any atom is -0.470 e. The summed E-state index contributed by atoms with van der Waals surface area (Å²) in [5.41, 5.74) is 6.75. The lowest BCUT2D eigenvalue weighted by molar-refractivity contribution is -0.159. The predicted molar refractivity (Wildman–Crippen MR) is 109 cm³/mol. The summed E-state index contributed by atoms with van der Waals surface area (Å²) in [4.78, 5) is 2.49. The number of benzene rings is 2. The van der Waals surface area contributed by atoms with Gasteiger partial charge >= 0.3 is 0 Å². The molecule has 2 aromatic rings. The van der Waals surface area contributed by atoms with Crippen LogP contribution in [0.15, 0.2) is 48.5 Å². The summed E-state index contributed by atoms with van der Waals surface area (Å²) < 4.78 is 17.7. The third kappa shape index (κ3) is 2.63. The highest BCUT2D eigenvalue weighted by Crippen LogP contribution is 2.48. The molecule has 2 aromatic carbocycles. The summed E-state index contributed by atoms with van der Waals surface area (Å²) in [6, 6.07) is 14.7. The van der Waals surface area contributed by atoms with E-state index in [1.807, 2.05) is 6.07 Å². The molecule has 6 nitrogen and oxygen atoms in total. The first-order valence-electron chi connectivity index (χ1n) is 10.4. The number of hydrogen-bond donors (Lipinski definition) is 1. The average molecular weight is 391 g/mol. The number of likely N-dealkylation sites (tertiary alicyclic amines) is 1. The molecule has 1 spiro atoms. The Morgan fingerprint density at radius 2 is 1.86 bits per heavy atom. The van der Waals surface area contributed by atoms with Crippen LogP contribution in [0.25, 0.3) is 5.70 Å². The fraction of sp³-hybridized carbons (Fsp3) is 0.391. The van der Waals surface area contributed by atoms with E-state index in [2.05, 4.69) is 64.7 Å². The van der Waals surface area contributed by atoms with Crippen LogP contribution in [0.4, 0.5) is 0 Å². The largest absolute Gasteiger partial charge is 0.470 e. The second-order valence-electron chi connectivity index (χ2n) is 8.10. The minimum atomic E-state index is -0.334. The molecule has 4 aliphatic rings. The van der Waals surface area contributed by atoms with Gasteiger partial charge in [0.25, 0.3) is 0 Å². The number of ether oxygens (including phenoxy) is 3. The number of hydrazine groups is 1. The molecule has 1 N–H and O–H groups in total. The zero-order valence-corrected chi connectivity index (χ0v) is 16.6. The van der Waals surface area contributed by atoms with Crippen molar-refractivity contribution in [1.29, 1.82) is 0 Å². The van der Waals surface area contributed by atoms with Gasteiger partial charge in [-0.1, -0.05) is 25.1 Å². The second kappa shape index (κ2) is 6.40. The smallest absolute Gasteiger partial charge is 0.231 e. The highest BCUT2D eigenvalue weighted by atomic mass is 16.7. The van der Waals surface area contributed by atoms with Gasteiger partial charge in [0.2, 0.25) is 6.79 Å². The van der Waals surface area contributed by atoms with E-state index in [1.54, 1.807) is 0 Å². The van der Waals surface area contributed by atoms with Gasteiger partial charge in [-0.05, 0) is 36.9 Å². The highest BCUT2D eigenvalue weighted by molar-refractivity contribution is 5.70. The number of nitrogens with zero attached hydrogens (tertiary/aromatic N) is 2. The minimum absolute atomic E-state index is 0.147. The average Bonchev–Trinajstić information content (AvgIpc) is 3.42. The zero-order chi connectivity index (χ0) is 19.4. The van der Waals surface area contributed by atoms with Crippen molar-refractivity contribution >= 4 is 5.70 Å². The lowest BCUT2D eigenvalue weighted by Crippen LogP contribution is -2.63. The van der Waals surface area contributed by atoms with Crippen molar-refractivity contribution in [3.8, 4) is 17.2 Å². The fourth-order valence-electron chi connectivity index (χ4n) is 4.91. The van der Waals surface area contributed by atoms with Gasteiger partial charge in [0.05, 0.1) is 11.7 Å². The van der Waals surface area contributed by atoms with Crippen LogP contribution in [-0.4, -0.2) is 42.1 Å². The van der Waals surface area contributed by atoms with Crippen LogP contribution in [0.2, 0.25) is 0 Å². The van der Waals surface area contributed by atoms with Crippen LogP contribution in [0.5, 0.6) is 17.2 Å². The Labute approximate surface area is 170 Å². The van der Waals surface area contributed by atoms with Crippen molar-refractivity contribution in [3.05, 3.63) is 59.7 Å². The van der Waals surface area contributed by atoms with Gasteiger partial charge in [0.1, 0.15) is 5.75 Å². The third-order valence-corrected chi connectivity index (χ3v) is 6.59. The molecule has 29 heavy (non-hydrogen) atoms. The Hall–Kier alpha value is -2.70. The van der Waals surface area contributed by atoms with Crippen molar-refractivity contribution < 1.29 is 14.2 Å². The maximum atomic E-state index is 6.68. The molecule has 0 bridgehead atoms. The monoisotopic (exact) mass is 391 g/mol. The van der Waals surface area contributed by atoms with Gasteiger partial charge in [0, 0.05) is 37.1 Å². The van der Waals surface area contributed by atoms with Gasteiger partial charge in [0.15, 0.2) is 17.2 Å². The van der Waals surface area contributed by atoms with Crippen LogP contribution >= 0.6 is 0 Å². The van der Waals surface area contributed by atoms with Crippen molar-refractivity contribution in [1.82, 2.24) is 15.3 Å². The highest BCUT2D eigenvalue weighted by Gasteiger charge is 2.51. The summed E-state index contributed by atoms with van der Waals surface area (Å²) in [7, 11) is 0. The molecule has 0 radical (unpaired) electrons. The molecule has 6 heteroatoms. The van der Waals surface area contributed by atoms with Crippen LogP contribution in [0.3, 0.4) is 0 Å². The third-order valence-electron chi connectivity index (χ3n) is 6.59. The summed E-state index contributed by atoms with van der Waals surface area (Å²) in [6.45, 7) is 5.69. The summed E-state index contributed by atoms with van der Waals surface area (Å²) in [6.07, 6.45) is 4.26. The summed E-state index contributed by atoms with van der Waals surface area (Å²) >= 11 is 0. The van der Waals surface area contributed by atoms with Gasteiger partial charge in [-0.2, -0.15) is 5.01 Å². The topological polar surface area (TPSA) is 46.2 Å². The molecule has 1 saturated heterocycles. The normalized spacial score (nSPS) is 24.4. The molecule has 1 fully saturated rings. The van der Waals surface area contributed by atoms with Crippen molar-refractivity contribution in [2.45, 2.75) is 31.5 Å². The molecule has 0 unspecified atom stereocenters. The Kier molecular flexibility index (Phi) is 3.79. The van der Waals surface area contributed by atoms with E-state index in [-0.39, 0.29) is 18.6 Å². The Morgan fingerprint density at radius 3 is 2.72 bits per heavy atom. The Balaban J connectivity index is 1.38. The van der Waals surface area contributed by atoms with E-state index in [0.29, 0.717) is 0 Å². The molecular weight excluding hydrogens is 366 g/mol. The molecule has 0 saturated carbocycles. The number of fused-ring (bicyclic) bond motifs is 5. The molecular formula is C23H25N3O3. The summed E-state index contributed by atoms with van der Waals surface area (Å²) in [5.74, 6) is 2.61. The number of nitrogens with one attached hydrogen (secondary N) is 1. The van der Waals surface area contributed by atoms with E-state index in [9.17, 15) is 0 Å². The predicted octanol–water partition coefficient (Wildman–Crippen LogP) is 3.52. The molecule has 4 aliphatic heterocycles. The lowest BCUT2D eigenvalue weighted by Gasteiger charge is -2.51. The first-order valence-corrected chi connectivity index (χ1v) is 10.4. The number of hydrogen-bond acceptors (Lipinski definition) is 6. The molecule has 0 amide bonds. The zero-order valence-electron chi connectivity index (χ0n) is 16.6. The summed E-state index contributed by atoms with van der Waals surface area (Å²) in [5, 5.41) is 2.34. The number of piperidine rings is 1. The van der Waals surface area contributed by atoms with E-state index in [0.717, 1.165) is 61.0 Å². The van der Waals surface area contributed by atoms with Crippen LogP contribution < -0.4 is 19.6 Å². The second-order valence-corrected chi connectivity index (χ2v) is 8.10. The maximum Gasteiger partial charge on any atom is 0.231 e. The van der Waals surface area contributed by atoms with E-state index in [4.69, 9.17) is 14.2 Å². The van der Waals surface area contributed by atoms with Crippen LogP contribution in [-0.2, 0) is 0 Å². The molecule has 150 valence electrons. The first-order chi connectivity index (χ1) is 14.3.